The highest BCUT2D eigenvalue weighted by Crippen LogP contribution is 2.31. The van der Waals surface area contributed by atoms with Crippen molar-refractivity contribution in [2.75, 3.05) is 11.9 Å². The van der Waals surface area contributed by atoms with Crippen molar-refractivity contribution in [2.45, 2.75) is 6.92 Å². The number of hydrogen-bond acceptors (Lipinski definition) is 4. The highest BCUT2D eigenvalue weighted by atomic mass is 35.5. The fourth-order valence-electron chi connectivity index (χ4n) is 2.47. The standard InChI is InChI=1S/C18H13ClFN3O2/c1-2-25-18(24)16-8-12-15(6-3-10(9-21)17(12)23-16)22-11-4-5-14(20)13(19)7-11/h3-8,22-23H,2H2,1H3. The number of rotatable bonds is 4. The normalized spacial score (nSPS) is 10.5. The van der Waals surface area contributed by atoms with E-state index in [4.69, 9.17) is 16.3 Å². The molecule has 0 saturated carbocycles. The van der Waals surface area contributed by atoms with Crippen molar-refractivity contribution in [1.82, 2.24) is 4.98 Å². The first-order chi connectivity index (χ1) is 12.0. The van der Waals surface area contributed by atoms with Gasteiger partial charge in [-0.3, -0.25) is 0 Å². The number of H-pyrrole nitrogens is 1. The molecule has 0 radical (unpaired) electrons. The number of carbonyl (C=O) groups is 1. The van der Waals surface area contributed by atoms with Crippen LogP contribution in [0.3, 0.4) is 0 Å². The number of ether oxygens (including phenoxy) is 1. The number of nitrogens with one attached hydrogen (secondary N) is 2. The number of hydrogen-bond donors (Lipinski definition) is 2. The zero-order valence-corrected chi connectivity index (χ0v) is 13.9. The average Bonchev–Trinajstić information content (AvgIpc) is 3.04. The molecule has 7 heteroatoms. The van der Waals surface area contributed by atoms with E-state index in [1.54, 1.807) is 31.2 Å². The second kappa shape index (κ2) is 6.83. The van der Waals surface area contributed by atoms with Crippen LogP contribution in [0.2, 0.25) is 5.02 Å². The Morgan fingerprint density at radius 3 is 2.84 bits per heavy atom. The first kappa shape index (κ1) is 16.8. The first-order valence-electron chi connectivity index (χ1n) is 7.48. The van der Waals surface area contributed by atoms with E-state index in [2.05, 4.69) is 16.4 Å². The Kier molecular flexibility index (Phi) is 4.59. The lowest BCUT2D eigenvalue weighted by Crippen LogP contribution is -2.04. The molecule has 5 nitrogen and oxygen atoms in total. The number of anilines is 2. The third kappa shape index (κ3) is 3.28. The number of aromatic nitrogens is 1. The van der Waals surface area contributed by atoms with Crippen molar-refractivity contribution in [3.8, 4) is 6.07 Å². The van der Waals surface area contributed by atoms with Crippen LogP contribution < -0.4 is 5.32 Å². The summed E-state index contributed by atoms with van der Waals surface area (Å²) in [5.41, 5.74) is 2.39. The Bertz CT molecular complexity index is 1010. The third-order valence-corrected chi connectivity index (χ3v) is 3.90. The molecule has 3 aromatic rings. The van der Waals surface area contributed by atoms with Crippen LogP contribution in [0.4, 0.5) is 15.8 Å². The van der Waals surface area contributed by atoms with Crippen molar-refractivity contribution in [3.63, 3.8) is 0 Å². The van der Waals surface area contributed by atoms with Crippen LogP contribution in [-0.4, -0.2) is 17.6 Å². The molecule has 25 heavy (non-hydrogen) atoms. The number of carbonyl (C=O) groups excluding carboxylic acids is 1. The predicted molar refractivity (Wildman–Crippen MR) is 93.7 cm³/mol. The van der Waals surface area contributed by atoms with Crippen LogP contribution >= 0.6 is 11.6 Å². The maximum Gasteiger partial charge on any atom is 0.354 e. The summed E-state index contributed by atoms with van der Waals surface area (Å²) in [6, 6.07) is 11.3. The zero-order valence-electron chi connectivity index (χ0n) is 13.2. The first-order valence-corrected chi connectivity index (χ1v) is 7.86. The number of nitriles is 1. The van der Waals surface area contributed by atoms with Crippen LogP contribution in [0.15, 0.2) is 36.4 Å². The van der Waals surface area contributed by atoms with Crippen molar-refractivity contribution in [3.05, 3.63) is 58.5 Å². The van der Waals surface area contributed by atoms with Gasteiger partial charge in [0.25, 0.3) is 0 Å². The van der Waals surface area contributed by atoms with Crippen LogP contribution in [0, 0.1) is 17.1 Å². The lowest BCUT2D eigenvalue weighted by atomic mass is 10.1. The summed E-state index contributed by atoms with van der Waals surface area (Å²) in [4.78, 5) is 14.9. The minimum atomic E-state index is -0.511. The molecule has 0 aliphatic carbocycles. The van der Waals surface area contributed by atoms with Gasteiger partial charge >= 0.3 is 5.97 Å². The molecular formula is C18H13ClFN3O2. The Balaban J connectivity index is 2.07. The second-order valence-electron chi connectivity index (χ2n) is 5.22. The number of nitrogens with zero attached hydrogens (tertiary/aromatic N) is 1. The van der Waals surface area contributed by atoms with Gasteiger partial charge in [-0.15, -0.1) is 0 Å². The SMILES string of the molecule is CCOC(=O)c1cc2c(Nc3ccc(F)c(Cl)c3)ccc(C#N)c2[nH]1. The predicted octanol–water partition coefficient (Wildman–Crippen LogP) is 4.75. The minimum Gasteiger partial charge on any atom is -0.461 e. The van der Waals surface area contributed by atoms with E-state index in [1.165, 1.54) is 12.1 Å². The Labute approximate surface area is 148 Å². The molecule has 2 N–H and O–H groups in total. The summed E-state index contributed by atoms with van der Waals surface area (Å²) < 4.78 is 18.3. The molecule has 1 aromatic heterocycles. The molecule has 1 heterocycles. The van der Waals surface area contributed by atoms with E-state index in [0.717, 1.165) is 0 Å². The number of benzene rings is 2. The van der Waals surface area contributed by atoms with Gasteiger partial charge in [-0.25, -0.2) is 9.18 Å². The summed E-state index contributed by atoms with van der Waals surface area (Å²) >= 11 is 5.80. The van der Waals surface area contributed by atoms with E-state index >= 15 is 0 Å². The molecule has 2 aromatic carbocycles. The van der Waals surface area contributed by atoms with E-state index in [9.17, 15) is 14.4 Å². The van der Waals surface area contributed by atoms with Gasteiger partial charge in [0.1, 0.15) is 17.6 Å². The molecule has 0 amide bonds. The van der Waals surface area contributed by atoms with Crippen LogP contribution in [0.5, 0.6) is 0 Å². The number of esters is 1. The summed E-state index contributed by atoms with van der Waals surface area (Å²) in [5.74, 6) is -1.01. The molecule has 0 aliphatic rings. The molecule has 0 saturated heterocycles. The van der Waals surface area contributed by atoms with E-state index in [1.807, 2.05) is 0 Å². The van der Waals surface area contributed by atoms with Gasteiger partial charge in [0.2, 0.25) is 0 Å². The molecule has 0 bridgehead atoms. The lowest BCUT2D eigenvalue weighted by Gasteiger charge is -2.09. The fourth-order valence-corrected chi connectivity index (χ4v) is 2.65. The summed E-state index contributed by atoms with van der Waals surface area (Å²) in [7, 11) is 0. The minimum absolute atomic E-state index is 0.00355. The van der Waals surface area contributed by atoms with E-state index in [-0.39, 0.29) is 17.3 Å². The highest BCUT2D eigenvalue weighted by molar-refractivity contribution is 6.31. The van der Waals surface area contributed by atoms with Gasteiger partial charge in [0.05, 0.1) is 22.7 Å². The molecular weight excluding hydrogens is 345 g/mol. The monoisotopic (exact) mass is 357 g/mol. The summed E-state index contributed by atoms with van der Waals surface area (Å²) in [6.45, 7) is 1.96. The Hall–Kier alpha value is -3.04. The van der Waals surface area contributed by atoms with Gasteiger partial charge in [-0.2, -0.15) is 5.26 Å². The van der Waals surface area contributed by atoms with Gasteiger partial charge in [-0.1, -0.05) is 11.6 Å². The molecule has 0 aliphatic heterocycles. The van der Waals surface area contributed by atoms with Gasteiger partial charge in [-0.05, 0) is 43.3 Å². The van der Waals surface area contributed by atoms with Crippen molar-refractivity contribution in [2.24, 2.45) is 0 Å². The summed E-state index contributed by atoms with van der Waals surface area (Å²) in [5, 5.41) is 13.0. The van der Waals surface area contributed by atoms with Gasteiger partial charge in [0, 0.05) is 16.8 Å². The number of aromatic amines is 1. The lowest BCUT2D eigenvalue weighted by molar-refractivity contribution is 0.0520. The highest BCUT2D eigenvalue weighted by Gasteiger charge is 2.15. The molecule has 0 atom stereocenters. The maximum absolute atomic E-state index is 13.3. The van der Waals surface area contributed by atoms with Crippen LogP contribution in [0.25, 0.3) is 10.9 Å². The topological polar surface area (TPSA) is 77.9 Å². The van der Waals surface area contributed by atoms with Crippen LogP contribution in [0.1, 0.15) is 23.0 Å². The fraction of sp³-hybridized carbons (Fsp3) is 0.111. The second-order valence-corrected chi connectivity index (χ2v) is 5.63. The average molecular weight is 358 g/mol. The summed E-state index contributed by atoms with van der Waals surface area (Å²) in [6.07, 6.45) is 0. The van der Waals surface area contributed by atoms with Gasteiger partial charge < -0.3 is 15.0 Å². The maximum atomic E-state index is 13.3. The van der Waals surface area contributed by atoms with Gasteiger partial charge in [0.15, 0.2) is 0 Å². The molecule has 0 unspecified atom stereocenters. The van der Waals surface area contributed by atoms with E-state index in [0.29, 0.717) is 27.8 Å². The smallest absolute Gasteiger partial charge is 0.354 e. The zero-order chi connectivity index (χ0) is 18.0. The van der Waals surface area contributed by atoms with Crippen molar-refractivity contribution >= 4 is 39.8 Å². The van der Waals surface area contributed by atoms with Crippen LogP contribution in [-0.2, 0) is 4.74 Å². The largest absolute Gasteiger partial charge is 0.461 e. The van der Waals surface area contributed by atoms with E-state index < -0.39 is 11.8 Å². The number of fused-ring (bicyclic) bond motifs is 1. The molecule has 0 fully saturated rings. The third-order valence-electron chi connectivity index (χ3n) is 3.61. The van der Waals surface area contributed by atoms with Crippen molar-refractivity contribution < 1.29 is 13.9 Å². The molecule has 0 spiro atoms. The molecule has 3 rings (SSSR count). The van der Waals surface area contributed by atoms with Crippen molar-refractivity contribution in [1.29, 1.82) is 5.26 Å². The quantitative estimate of drug-likeness (QED) is 0.660. The Morgan fingerprint density at radius 2 is 2.16 bits per heavy atom. The molecule has 126 valence electrons. The Morgan fingerprint density at radius 1 is 1.36 bits per heavy atom. The number of halogens is 2.